The molecule has 1 aromatic carbocycles. The number of benzene rings is 1. The van der Waals surface area contributed by atoms with Crippen LogP contribution in [0.5, 0.6) is 0 Å². The Hall–Kier alpha value is 0.103. The van der Waals surface area contributed by atoms with Crippen molar-refractivity contribution in [2.75, 3.05) is 0 Å². The maximum absolute atomic E-state index is 2.42. The van der Waals surface area contributed by atoms with E-state index in [0.29, 0.717) is 6.25 Å². The molecule has 1 aromatic rings. The van der Waals surface area contributed by atoms with E-state index in [1.54, 1.807) is 3.27 Å². The molecule has 0 spiro atoms. The van der Waals surface area contributed by atoms with Crippen LogP contribution < -0.4 is 3.27 Å². The van der Waals surface area contributed by atoms with E-state index in [-0.39, 0.29) is 0 Å². The number of rotatable bonds is 1. The van der Waals surface area contributed by atoms with Gasteiger partial charge in [0.15, 0.2) is 0 Å². The standard InChI is InChI=1S/C6H5.2C4H9.Bi/c1-2-4-6-5-3-1;2*1-4(2)3;/h1-5H;2*1-3H3;. The van der Waals surface area contributed by atoms with Crippen LogP contribution in [-0.4, -0.2) is 21.8 Å². The third-order valence-electron chi connectivity index (χ3n) is 2.36. The predicted molar refractivity (Wildman–Crippen MR) is 71.3 cm³/mol. The SMILES string of the molecule is C[C](C)(C)[Bi]([c]1ccccc1)[C](C)(C)C. The van der Waals surface area contributed by atoms with E-state index in [2.05, 4.69) is 71.9 Å². The molecule has 1 rings (SSSR count). The monoisotopic (exact) mass is 400 g/mol. The van der Waals surface area contributed by atoms with Crippen molar-refractivity contribution in [3.63, 3.8) is 0 Å². The first-order chi connectivity index (χ1) is 6.73. The van der Waals surface area contributed by atoms with E-state index in [4.69, 9.17) is 0 Å². The Morgan fingerprint density at radius 1 is 0.733 bits per heavy atom. The van der Waals surface area contributed by atoms with Crippen molar-refractivity contribution in [2.24, 2.45) is 0 Å². The molecule has 0 radical (unpaired) electrons. The first kappa shape index (κ1) is 13.2. The molecular formula is C14H23Bi. The van der Waals surface area contributed by atoms with Crippen LogP contribution in [0, 0.1) is 0 Å². The van der Waals surface area contributed by atoms with Crippen molar-refractivity contribution in [3.8, 4) is 0 Å². The van der Waals surface area contributed by atoms with Gasteiger partial charge in [0, 0.05) is 0 Å². The van der Waals surface area contributed by atoms with Crippen LogP contribution in [0.4, 0.5) is 0 Å². The molecular weight excluding hydrogens is 377 g/mol. The van der Waals surface area contributed by atoms with Crippen molar-refractivity contribution >= 4 is 25.0 Å². The second-order valence-corrected chi connectivity index (χ2v) is 21.1. The van der Waals surface area contributed by atoms with Crippen molar-refractivity contribution in [3.05, 3.63) is 30.3 Å². The van der Waals surface area contributed by atoms with E-state index < -0.39 is 21.8 Å². The Bertz CT molecular complexity index is 286. The Kier molecular flexibility index (Phi) is 3.98. The average Bonchev–Trinajstić information content (AvgIpc) is 2.00. The first-order valence-corrected chi connectivity index (χ1v) is 10.8. The molecule has 0 atom stereocenters. The quantitative estimate of drug-likeness (QED) is 0.626. The third kappa shape index (κ3) is 3.56. The van der Waals surface area contributed by atoms with Crippen LogP contribution in [0.2, 0.25) is 6.25 Å². The fourth-order valence-corrected chi connectivity index (χ4v) is 18.0. The molecule has 0 saturated carbocycles. The Morgan fingerprint density at radius 3 is 1.47 bits per heavy atom. The zero-order valence-electron chi connectivity index (χ0n) is 10.8. The molecule has 0 unspecified atom stereocenters. The summed E-state index contributed by atoms with van der Waals surface area (Å²) in [5, 5.41) is 0. The molecule has 1 heteroatoms. The molecule has 0 fully saturated rings. The van der Waals surface area contributed by atoms with Crippen molar-refractivity contribution < 1.29 is 0 Å². The van der Waals surface area contributed by atoms with Crippen LogP contribution in [0.1, 0.15) is 41.5 Å². The van der Waals surface area contributed by atoms with E-state index >= 15 is 0 Å². The predicted octanol–water partition coefficient (Wildman–Crippen LogP) is 3.99. The fraction of sp³-hybridized carbons (Fsp3) is 0.571. The van der Waals surface area contributed by atoms with Crippen LogP contribution in [-0.2, 0) is 0 Å². The van der Waals surface area contributed by atoms with Gasteiger partial charge >= 0.3 is 103 Å². The van der Waals surface area contributed by atoms with Crippen LogP contribution in [0.25, 0.3) is 0 Å². The summed E-state index contributed by atoms with van der Waals surface area (Å²) in [7, 11) is 0. The van der Waals surface area contributed by atoms with Gasteiger partial charge in [-0.3, -0.25) is 0 Å². The second-order valence-electron chi connectivity index (χ2n) is 6.01. The summed E-state index contributed by atoms with van der Waals surface area (Å²) in [5.74, 6) is 0. The van der Waals surface area contributed by atoms with Gasteiger partial charge in [-0.1, -0.05) is 0 Å². The van der Waals surface area contributed by atoms with Gasteiger partial charge in [0.2, 0.25) is 0 Å². The summed E-state index contributed by atoms with van der Waals surface area (Å²) >= 11 is -1.70. The molecule has 0 aliphatic carbocycles. The van der Waals surface area contributed by atoms with Gasteiger partial charge in [-0.25, -0.2) is 0 Å². The van der Waals surface area contributed by atoms with Gasteiger partial charge in [0.1, 0.15) is 0 Å². The molecule has 0 aromatic heterocycles. The minimum absolute atomic E-state index is 0.509. The molecule has 0 saturated heterocycles. The molecule has 0 aliphatic heterocycles. The molecule has 84 valence electrons. The molecule has 0 heterocycles. The molecule has 0 aliphatic rings. The second kappa shape index (κ2) is 4.54. The summed E-state index contributed by atoms with van der Waals surface area (Å²) in [6.45, 7) is 14.5. The maximum atomic E-state index is 2.42. The van der Waals surface area contributed by atoms with Gasteiger partial charge in [-0.05, 0) is 0 Å². The van der Waals surface area contributed by atoms with E-state index in [1.165, 1.54) is 0 Å². The molecule has 0 bridgehead atoms. The van der Waals surface area contributed by atoms with Gasteiger partial charge < -0.3 is 0 Å². The van der Waals surface area contributed by atoms with Gasteiger partial charge in [-0.2, -0.15) is 0 Å². The van der Waals surface area contributed by atoms with Crippen molar-refractivity contribution in [1.82, 2.24) is 0 Å². The summed E-state index contributed by atoms with van der Waals surface area (Å²) in [4.78, 5) is 0. The van der Waals surface area contributed by atoms with E-state index in [1.807, 2.05) is 0 Å². The molecule has 0 N–H and O–H groups in total. The average molecular weight is 400 g/mol. The van der Waals surface area contributed by atoms with Crippen LogP contribution in [0.15, 0.2) is 30.3 Å². The minimum atomic E-state index is -1.70. The Morgan fingerprint density at radius 2 is 1.13 bits per heavy atom. The first-order valence-electron chi connectivity index (χ1n) is 5.58. The van der Waals surface area contributed by atoms with E-state index in [0.717, 1.165) is 0 Å². The summed E-state index contributed by atoms with van der Waals surface area (Å²) in [6, 6.07) is 11.2. The Labute approximate surface area is 103 Å². The Balaban J connectivity index is 3.15. The third-order valence-corrected chi connectivity index (χ3v) is 16.0. The number of hydrogen-bond acceptors (Lipinski definition) is 0. The molecule has 0 amide bonds. The topological polar surface area (TPSA) is 0 Å². The summed E-state index contributed by atoms with van der Waals surface area (Å²) in [6.07, 6.45) is 0. The number of hydrogen-bond donors (Lipinski definition) is 0. The molecule has 15 heavy (non-hydrogen) atoms. The van der Waals surface area contributed by atoms with Crippen molar-refractivity contribution in [1.29, 1.82) is 0 Å². The van der Waals surface area contributed by atoms with Gasteiger partial charge in [0.05, 0.1) is 0 Å². The summed E-state index contributed by atoms with van der Waals surface area (Å²) in [5.41, 5.74) is 0. The van der Waals surface area contributed by atoms with Gasteiger partial charge in [-0.15, -0.1) is 0 Å². The van der Waals surface area contributed by atoms with Crippen LogP contribution >= 0.6 is 0 Å². The zero-order chi connectivity index (χ0) is 11.7. The fourth-order valence-electron chi connectivity index (χ4n) is 2.36. The van der Waals surface area contributed by atoms with E-state index in [9.17, 15) is 0 Å². The normalized spacial score (nSPS) is 13.3. The molecule has 0 nitrogen and oxygen atoms in total. The zero-order valence-corrected chi connectivity index (χ0v) is 14.3. The van der Waals surface area contributed by atoms with Gasteiger partial charge in [0.25, 0.3) is 0 Å². The van der Waals surface area contributed by atoms with Crippen LogP contribution in [0.3, 0.4) is 0 Å². The summed E-state index contributed by atoms with van der Waals surface area (Å²) < 4.78 is 2.68. The van der Waals surface area contributed by atoms with Crippen molar-refractivity contribution in [2.45, 2.75) is 47.8 Å².